The van der Waals surface area contributed by atoms with Gasteiger partial charge < -0.3 is 9.64 Å². The van der Waals surface area contributed by atoms with Crippen molar-refractivity contribution in [3.05, 3.63) is 0 Å². The van der Waals surface area contributed by atoms with Gasteiger partial charge in [-0.2, -0.15) is 0 Å². The van der Waals surface area contributed by atoms with E-state index in [1.165, 1.54) is 38.8 Å². The van der Waals surface area contributed by atoms with Crippen LogP contribution in [0.25, 0.3) is 0 Å². The number of morpholine rings is 1. The van der Waals surface area contributed by atoms with Gasteiger partial charge in [0.05, 0.1) is 6.04 Å². The Kier molecular flexibility index (Phi) is 2.52. The van der Waals surface area contributed by atoms with Crippen molar-refractivity contribution in [3.8, 4) is 0 Å². The highest BCUT2D eigenvalue weighted by atomic mass is 16.5. The fourth-order valence-corrected chi connectivity index (χ4v) is 4.36. The lowest BCUT2D eigenvalue weighted by molar-refractivity contribution is -0.942. The summed E-state index contributed by atoms with van der Waals surface area (Å²) in [5.41, 5.74) is 0. The molecule has 1 unspecified atom stereocenters. The topological polar surface area (TPSA) is 13.7 Å². The monoisotopic (exact) mass is 210 g/mol. The van der Waals surface area contributed by atoms with E-state index in [0.29, 0.717) is 12.2 Å². The Balaban J connectivity index is 1.66. The minimum absolute atomic E-state index is 0.475. The number of rotatable bonds is 1. The lowest BCUT2D eigenvalue weighted by atomic mass is 9.93. The Morgan fingerprint density at radius 3 is 2.27 bits per heavy atom. The first-order chi connectivity index (χ1) is 7.22. The summed E-state index contributed by atoms with van der Waals surface area (Å²) in [5.74, 6) is 2.14. The molecular formula is C13H24NO+. The third kappa shape index (κ3) is 1.83. The van der Waals surface area contributed by atoms with E-state index >= 15 is 0 Å². The van der Waals surface area contributed by atoms with Gasteiger partial charge in [0.1, 0.15) is 25.3 Å². The zero-order valence-corrected chi connectivity index (χ0v) is 10.0. The van der Waals surface area contributed by atoms with Crippen LogP contribution in [-0.2, 0) is 4.74 Å². The first kappa shape index (κ1) is 10.1. The summed E-state index contributed by atoms with van der Waals surface area (Å²) in [6.45, 7) is 6.97. The van der Waals surface area contributed by atoms with Crippen LogP contribution in [0.2, 0.25) is 0 Å². The molecule has 1 heterocycles. The van der Waals surface area contributed by atoms with Gasteiger partial charge in [0, 0.05) is 12.3 Å². The molecule has 0 spiro atoms. The standard InChI is InChI=1S/C13H23NO/c1-9-7-14(8-10(2)15-9)13-6-11-3-4-12(13)5-11/h9-13H,3-8H2,1-2H3/p+1/t9-,10+,11-,12+,13+/m1/s1. The fourth-order valence-electron chi connectivity index (χ4n) is 4.36. The third-order valence-electron chi connectivity index (χ3n) is 4.83. The van der Waals surface area contributed by atoms with Gasteiger partial charge in [0.15, 0.2) is 0 Å². The SMILES string of the molecule is C[C@@H]1C[NH+]([C@H]2C[C@@H]3CC[C@H]2C3)C[C@H](C)O1. The molecule has 6 atom stereocenters. The lowest BCUT2D eigenvalue weighted by Gasteiger charge is -2.38. The van der Waals surface area contributed by atoms with Crippen molar-refractivity contribution >= 4 is 0 Å². The maximum absolute atomic E-state index is 5.84. The third-order valence-corrected chi connectivity index (χ3v) is 4.83. The minimum Gasteiger partial charge on any atom is -0.364 e. The van der Waals surface area contributed by atoms with Crippen molar-refractivity contribution in [3.63, 3.8) is 0 Å². The summed E-state index contributed by atoms with van der Waals surface area (Å²) in [6.07, 6.45) is 7.04. The van der Waals surface area contributed by atoms with Crippen LogP contribution >= 0.6 is 0 Å². The molecule has 1 aliphatic heterocycles. The lowest BCUT2D eigenvalue weighted by Crippen LogP contribution is -3.19. The molecule has 2 bridgehead atoms. The summed E-state index contributed by atoms with van der Waals surface area (Å²) in [6, 6.07) is 0.984. The Hall–Kier alpha value is -0.0800. The number of hydrogen-bond acceptors (Lipinski definition) is 1. The predicted octanol–water partition coefficient (Wildman–Crippen LogP) is 0.867. The second-order valence-electron chi connectivity index (χ2n) is 6.11. The van der Waals surface area contributed by atoms with Crippen LogP contribution in [0.15, 0.2) is 0 Å². The fraction of sp³-hybridized carbons (Fsp3) is 1.00. The average molecular weight is 210 g/mol. The number of fused-ring (bicyclic) bond motifs is 2. The van der Waals surface area contributed by atoms with E-state index in [2.05, 4.69) is 13.8 Å². The Morgan fingerprint density at radius 2 is 1.73 bits per heavy atom. The smallest absolute Gasteiger partial charge is 0.104 e. The molecule has 15 heavy (non-hydrogen) atoms. The van der Waals surface area contributed by atoms with E-state index < -0.39 is 0 Å². The highest BCUT2D eigenvalue weighted by Gasteiger charge is 2.46. The van der Waals surface area contributed by atoms with Crippen LogP contribution in [0.5, 0.6) is 0 Å². The molecule has 2 heteroatoms. The van der Waals surface area contributed by atoms with E-state index in [0.717, 1.165) is 17.9 Å². The van der Waals surface area contributed by atoms with E-state index in [4.69, 9.17) is 4.74 Å². The normalized spacial score (nSPS) is 54.8. The molecule has 3 rings (SSSR count). The van der Waals surface area contributed by atoms with Gasteiger partial charge in [-0.15, -0.1) is 0 Å². The largest absolute Gasteiger partial charge is 0.364 e. The molecule has 0 radical (unpaired) electrons. The van der Waals surface area contributed by atoms with Gasteiger partial charge in [-0.1, -0.05) is 0 Å². The van der Waals surface area contributed by atoms with Crippen LogP contribution in [0, 0.1) is 11.8 Å². The van der Waals surface area contributed by atoms with Crippen molar-refractivity contribution in [1.29, 1.82) is 0 Å². The molecule has 2 saturated carbocycles. The summed E-state index contributed by atoms with van der Waals surface area (Å²) in [7, 11) is 0. The molecule has 0 aromatic rings. The van der Waals surface area contributed by atoms with Gasteiger partial charge in [0.2, 0.25) is 0 Å². The van der Waals surface area contributed by atoms with Gasteiger partial charge in [-0.05, 0) is 39.0 Å². The number of ether oxygens (including phenoxy) is 1. The van der Waals surface area contributed by atoms with Gasteiger partial charge in [0.25, 0.3) is 0 Å². The Morgan fingerprint density at radius 1 is 1.00 bits per heavy atom. The molecule has 0 aromatic heterocycles. The molecule has 0 amide bonds. The maximum Gasteiger partial charge on any atom is 0.104 e. The number of hydrogen-bond donors (Lipinski definition) is 1. The highest BCUT2D eigenvalue weighted by Crippen LogP contribution is 2.43. The first-order valence-electron chi connectivity index (χ1n) is 6.72. The van der Waals surface area contributed by atoms with E-state index in [9.17, 15) is 0 Å². The molecule has 2 nitrogen and oxygen atoms in total. The second-order valence-corrected chi connectivity index (χ2v) is 6.11. The second kappa shape index (κ2) is 3.74. The summed E-state index contributed by atoms with van der Waals surface area (Å²) in [5, 5.41) is 0. The van der Waals surface area contributed by atoms with Crippen molar-refractivity contribution in [2.24, 2.45) is 11.8 Å². The zero-order valence-electron chi connectivity index (χ0n) is 10.0. The molecule has 86 valence electrons. The molecule has 3 aliphatic rings. The van der Waals surface area contributed by atoms with Crippen molar-refractivity contribution < 1.29 is 9.64 Å². The molecular weight excluding hydrogens is 186 g/mol. The maximum atomic E-state index is 5.84. The van der Waals surface area contributed by atoms with Crippen LogP contribution < -0.4 is 4.90 Å². The number of nitrogens with one attached hydrogen (secondary N) is 1. The quantitative estimate of drug-likeness (QED) is 0.678. The van der Waals surface area contributed by atoms with Crippen molar-refractivity contribution in [1.82, 2.24) is 0 Å². The highest BCUT2D eigenvalue weighted by molar-refractivity contribution is 4.90. The van der Waals surface area contributed by atoms with Crippen molar-refractivity contribution in [2.45, 2.75) is 57.8 Å². The minimum atomic E-state index is 0.475. The zero-order chi connectivity index (χ0) is 10.4. The van der Waals surface area contributed by atoms with Crippen LogP contribution in [0.4, 0.5) is 0 Å². The molecule has 3 fully saturated rings. The summed E-state index contributed by atoms with van der Waals surface area (Å²) >= 11 is 0. The predicted molar refractivity (Wildman–Crippen MR) is 59.9 cm³/mol. The number of quaternary nitrogens is 1. The first-order valence-corrected chi connectivity index (χ1v) is 6.72. The van der Waals surface area contributed by atoms with E-state index in [-0.39, 0.29) is 0 Å². The summed E-state index contributed by atoms with van der Waals surface area (Å²) < 4.78 is 5.84. The van der Waals surface area contributed by atoms with Gasteiger partial charge in [-0.3, -0.25) is 0 Å². The molecule has 0 aromatic carbocycles. The Labute approximate surface area is 93.0 Å². The van der Waals surface area contributed by atoms with E-state index in [1.807, 2.05) is 4.90 Å². The van der Waals surface area contributed by atoms with Crippen LogP contribution in [-0.4, -0.2) is 31.3 Å². The van der Waals surface area contributed by atoms with Gasteiger partial charge >= 0.3 is 0 Å². The molecule has 1 N–H and O–H groups in total. The molecule has 1 saturated heterocycles. The van der Waals surface area contributed by atoms with Crippen LogP contribution in [0.3, 0.4) is 0 Å². The van der Waals surface area contributed by atoms with E-state index in [1.54, 1.807) is 0 Å². The average Bonchev–Trinajstić information content (AvgIpc) is 2.76. The van der Waals surface area contributed by atoms with Crippen molar-refractivity contribution in [2.75, 3.05) is 13.1 Å². The summed E-state index contributed by atoms with van der Waals surface area (Å²) in [4.78, 5) is 1.86. The van der Waals surface area contributed by atoms with Crippen LogP contribution in [0.1, 0.15) is 39.5 Å². The molecule has 2 aliphatic carbocycles. The van der Waals surface area contributed by atoms with Gasteiger partial charge in [-0.25, -0.2) is 0 Å². The Bertz CT molecular complexity index is 233.